The van der Waals surface area contributed by atoms with Gasteiger partial charge in [-0.2, -0.15) is 5.10 Å². The molecular weight excluding hydrogens is 486 g/mol. The highest BCUT2D eigenvalue weighted by atomic mass is 16.5. The van der Waals surface area contributed by atoms with Gasteiger partial charge in [0.05, 0.1) is 37.2 Å². The third kappa shape index (κ3) is 5.86. The van der Waals surface area contributed by atoms with E-state index in [2.05, 4.69) is 29.6 Å². The van der Waals surface area contributed by atoms with Crippen LogP contribution < -0.4 is 15.4 Å². The highest BCUT2D eigenvalue weighted by Crippen LogP contribution is 2.55. The molecule has 0 spiro atoms. The van der Waals surface area contributed by atoms with Crippen LogP contribution in [0.4, 0.5) is 4.79 Å². The molecule has 0 radical (unpaired) electrons. The zero-order valence-electron chi connectivity index (χ0n) is 23.1. The van der Waals surface area contributed by atoms with Crippen molar-refractivity contribution in [1.29, 1.82) is 0 Å². The molecule has 2 unspecified atom stereocenters. The molecule has 0 aromatic carbocycles. The predicted octanol–water partition coefficient (Wildman–Crippen LogP) is 2.88. The Morgan fingerprint density at radius 1 is 1.24 bits per heavy atom. The predicted molar refractivity (Wildman–Crippen MR) is 143 cm³/mol. The van der Waals surface area contributed by atoms with E-state index >= 15 is 0 Å². The summed E-state index contributed by atoms with van der Waals surface area (Å²) in [7, 11) is 0. The Balaban J connectivity index is 1.29. The Kier molecular flexibility index (Phi) is 7.48. The first kappa shape index (κ1) is 27.0. The molecule has 6 rings (SSSR count). The first-order valence-electron chi connectivity index (χ1n) is 14.1. The number of urea groups is 1. The molecule has 3 amide bonds. The Morgan fingerprint density at radius 2 is 1.92 bits per heavy atom. The Bertz CT molecular complexity index is 1040. The van der Waals surface area contributed by atoms with E-state index in [0.717, 1.165) is 32.1 Å². The van der Waals surface area contributed by atoms with Crippen LogP contribution in [0.5, 0.6) is 5.88 Å². The molecule has 3 N–H and O–H groups in total. The summed E-state index contributed by atoms with van der Waals surface area (Å²) in [5.41, 5.74) is -0.791. The van der Waals surface area contributed by atoms with Crippen LogP contribution in [0.3, 0.4) is 0 Å². The monoisotopic (exact) mass is 529 g/mol. The SMILES string of the molecule is CC(C)COc1c(C(=O)NC2C3CC4CC2CC(O)(C4)C3)cnn1/C=C/C(C)(C)NC(=O)N1CCOCC1. The van der Waals surface area contributed by atoms with E-state index in [1.807, 2.05) is 19.9 Å². The van der Waals surface area contributed by atoms with Crippen LogP contribution in [-0.2, 0) is 4.74 Å². The first-order valence-corrected chi connectivity index (χ1v) is 14.1. The van der Waals surface area contributed by atoms with Gasteiger partial charge in [0.2, 0.25) is 5.88 Å². The lowest BCUT2D eigenvalue weighted by atomic mass is 9.52. The number of nitrogens with one attached hydrogen (secondary N) is 2. The number of amides is 3. The molecule has 2 atom stereocenters. The second-order valence-electron chi connectivity index (χ2n) is 12.8. The van der Waals surface area contributed by atoms with Crippen molar-refractivity contribution in [2.75, 3.05) is 32.9 Å². The Labute approximate surface area is 225 Å². The minimum atomic E-state index is -0.653. The molecule has 2 heterocycles. The van der Waals surface area contributed by atoms with Crippen LogP contribution in [0.25, 0.3) is 6.20 Å². The van der Waals surface area contributed by atoms with E-state index in [4.69, 9.17) is 9.47 Å². The topological polar surface area (TPSA) is 118 Å². The quantitative estimate of drug-likeness (QED) is 0.477. The fourth-order valence-electron chi connectivity index (χ4n) is 6.87. The molecule has 1 aromatic rings. The summed E-state index contributed by atoms with van der Waals surface area (Å²) in [6.07, 6.45) is 9.75. The van der Waals surface area contributed by atoms with Crippen molar-refractivity contribution in [3.63, 3.8) is 0 Å². The van der Waals surface area contributed by atoms with Gasteiger partial charge in [0, 0.05) is 25.3 Å². The highest BCUT2D eigenvalue weighted by molar-refractivity contribution is 5.96. The number of ether oxygens (including phenoxy) is 2. The third-order valence-electron chi connectivity index (χ3n) is 8.45. The second-order valence-corrected chi connectivity index (χ2v) is 12.8. The summed E-state index contributed by atoms with van der Waals surface area (Å²) < 4.78 is 13.0. The number of rotatable bonds is 8. The number of nitrogens with zero attached hydrogens (tertiary/aromatic N) is 3. The molecule has 1 aliphatic heterocycles. The molecule has 38 heavy (non-hydrogen) atoms. The van der Waals surface area contributed by atoms with E-state index < -0.39 is 11.1 Å². The normalized spacial score (nSPS) is 30.7. The fourth-order valence-corrected chi connectivity index (χ4v) is 6.87. The summed E-state index contributed by atoms with van der Waals surface area (Å²) >= 11 is 0. The average molecular weight is 530 g/mol. The number of carbonyl (C=O) groups excluding carboxylic acids is 2. The van der Waals surface area contributed by atoms with Crippen LogP contribution in [-0.4, -0.2) is 81.8 Å². The van der Waals surface area contributed by atoms with Gasteiger partial charge in [0.15, 0.2) is 0 Å². The molecule has 10 heteroatoms. The van der Waals surface area contributed by atoms with Gasteiger partial charge in [-0.25, -0.2) is 9.48 Å². The lowest BCUT2D eigenvalue weighted by Crippen LogP contribution is -2.61. The van der Waals surface area contributed by atoms with Gasteiger partial charge in [-0.1, -0.05) is 13.8 Å². The van der Waals surface area contributed by atoms with Crippen molar-refractivity contribution in [3.05, 3.63) is 17.8 Å². The van der Waals surface area contributed by atoms with Gasteiger partial charge < -0.3 is 30.1 Å². The van der Waals surface area contributed by atoms with Gasteiger partial charge in [0.25, 0.3) is 5.91 Å². The van der Waals surface area contributed by atoms with Gasteiger partial charge >= 0.3 is 6.03 Å². The maximum atomic E-state index is 13.5. The summed E-state index contributed by atoms with van der Waals surface area (Å²) in [5.74, 6) is 1.70. The number of carbonyl (C=O) groups is 2. The number of aromatic nitrogens is 2. The minimum absolute atomic E-state index is 0.0745. The molecule has 5 aliphatic rings. The molecule has 5 fully saturated rings. The standard InChI is InChI=1S/C28H43N5O5/c1-18(2)17-38-25-22(24(34)30-23-20-11-19-12-21(23)15-28(36,13-19)14-20)16-29-33(25)6-5-27(3,4)31-26(35)32-7-9-37-10-8-32/h5-6,16,18-21,23,36H,7-15,17H2,1-4H3,(H,30,34)(H,31,35)/b6-5+. The maximum Gasteiger partial charge on any atom is 0.318 e. The van der Waals surface area contributed by atoms with E-state index in [1.165, 1.54) is 0 Å². The largest absolute Gasteiger partial charge is 0.477 e. The van der Waals surface area contributed by atoms with Crippen LogP contribution >= 0.6 is 0 Å². The molecular formula is C28H43N5O5. The van der Waals surface area contributed by atoms with Crippen molar-refractivity contribution in [1.82, 2.24) is 25.3 Å². The van der Waals surface area contributed by atoms with Gasteiger partial charge in [-0.15, -0.1) is 0 Å². The first-order chi connectivity index (χ1) is 18.0. The van der Waals surface area contributed by atoms with E-state index in [-0.39, 0.29) is 23.9 Å². The summed E-state index contributed by atoms with van der Waals surface area (Å²) in [6.45, 7) is 10.6. The summed E-state index contributed by atoms with van der Waals surface area (Å²) in [4.78, 5) is 27.9. The zero-order valence-corrected chi connectivity index (χ0v) is 23.1. The molecule has 4 saturated carbocycles. The van der Waals surface area contributed by atoms with Crippen LogP contribution in [0, 0.1) is 23.7 Å². The van der Waals surface area contributed by atoms with Crippen molar-refractivity contribution < 1.29 is 24.2 Å². The smallest absolute Gasteiger partial charge is 0.318 e. The number of aliphatic hydroxyl groups is 1. The van der Waals surface area contributed by atoms with Crippen LogP contribution in [0.2, 0.25) is 0 Å². The van der Waals surface area contributed by atoms with Gasteiger partial charge in [-0.05, 0) is 75.7 Å². The molecule has 4 aliphatic carbocycles. The molecule has 4 bridgehead atoms. The molecule has 210 valence electrons. The lowest BCUT2D eigenvalue weighted by molar-refractivity contribution is -0.136. The van der Waals surface area contributed by atoms with Crippen molar-refractivity contribution in [2.24, 2.45) is 23.7 Å². The van der Waals surface area contributed by atoms with Crippen LogP contribution in [0.1, 0.15) is 70.2 Å². The third-order valence-corrected chi connectivity index (χ3v) is 8.45. The highest BCUT2D eigenvalue weighted by Gasteiger charge is 2.55. The van der Waals surface area contributed by atoms with E-state index in [1.54, 1.807) is 22.0 Å². The Morgan fingerprint density at radius 3 is 2.55 bits per heavy atom. The van der Waals surface area contributed by atoms with E-state index in [9.17, 15) is 14.7 Å². The molecule has 10 nitrogen and oxygen atoms in total. The fraction of sp³-hybridized carbons (Fsp3) is 0.750. The number of hydrogen-bond acceptors (Lipinski definition) is 6. The lowest BCUT2D eigenvalue weighted by Gasteiger charge is -2.58. The van der Waals surface area contributed by atoms with Crippen molar-refractivity contribution in [3.8, 4) is 5.88 Å². The molecule has 1 aromatic heterocycles. The van der Waals surface area contributed by atoms with Crippen molar-refractivity contribution in [2.45, 2.75) is 77.0 Å². The van der Waals surface area contributed by atoms with Gasteiger partial charge in [-0.3, -0.25) is 4.79 Å². The Hall–Kier alpha value is -2.59. The molecule has 1 saturated heterocycles. The van der Waals surface area contributed by atoms with Gasteiger partial charge in [0.1, 0.15) is 5.56 Å². The number of hydrogen-bond donors (Lipinski definition) is 3. The van der Waals surface area contributed by atoms with E-state index in [0.29, 0.717) is 62.1 Å². The number of morpholine rings is 1. The second kappa shape index (κ2) is 10.5. The summed E-state index contributed by atoms with van der Waals surface area (Å²) in [5, 5.41) is 21.7. The zero-order chi connectivity index (χ0) is 27.1. The average Bonchev–Trinajstić information content (AvgIpc) is 3.26. The minimum Gasteiger partial charge on any atom is -0.477 e. The summed E-state index contributed by atoms with van der Waals surface area (Å²) in [6, 6.07) is -0.0643. The van der Waals surface area contributed by atoms with Crippen LogP contribution in [0.15, 0.2) is 12.3 Å². The van der Waals surface area contributed by atoms with Crippen molar-refractivity contribution >= 4 is 18.1 Å². The maximum absolute atomic E-state index is 13.5.